The van der Waals surface area contributed by atoms with E-state index in [1.807, 2.05) is 4.68 Å². The zero-order valence-electron chi connectivity index (χ0n) is 14.6. The van der Waals surface area contributed by atoms with E-state index in [1.54, 1.807) is 6.20 Å². The minimum atomic E-state index is -0.150. The fourth-order valence-corrected chi connectivity index (χ4v) is 3.35. The van der Waals surface area contributed by atoms with Crippen LogP contribution in [0.4, 0.5) is 0 Å². The molecule has 1 aromatic rings. The van der Waals surface area contributed by atoms with Crippen LogP contribution >= 0.6 is 0 Å². The Morgan fingerprint density at radius 3 is 3.00 bits per heavy atom. The van der Waals surface area contributed by atoms with E-state index in [-0.39, 0.29) is 11.5 Å². The molecular formula is C16H28N6O2. The number of ether oxygens (including phenoxy) is 1. The first-order chi connectivity index (χ1) is 11.5. The average Bonchev–Trinajstić information content (AvgIpc) is 3.05. The van der Waals surface area contributed by atoms with E-state index in [2.05, 4.69) is 39.7 Å². The van der Waals surface area contributed by atoms with Gasteiger partial charge in [0.2, 0.25) is 0 Å². The lowest BCUT2D eigenvalue weighted by molar-refractivity contribution is -0.0853. The largest absolute Gasteiger partial charge is 0.373 e. The molecule has 1 aromatic heterocycles. The zero-order valence-corrected chi connectivity index (χ0v) is 14.6. The summed E-state index contributed by atoms with van der Waals surface area (Å²) < 4.78 is 7.53. The molecule has 2 aliphatic heterocycles. The second kappa shape index (κ2) is 7.58. The average molecular weight is 336 g/mol. The molecule has 2 aliphatic rings. The number of rotatable bonds is 5. The first-order valence-corrected chi connectivity index (χ1v) is 8.80. The summed E-state index contributed by atoms with van der Waals surface area (Å²) in [6, 6.07) is 0.343. The number of carbonyl (C=O) groups excluding carboxylic acids is 1. The molecule has 2 fully saturated rings. The molecule has 0 spiro atoms. The molecule has 134 valence electrons. The molecule has 3 heterocycles. The summed E-state index contributed by atoms with van der Waals surface area (Å²) in [5.74, 6) is -0.150. The first kappa shape index (κ1) is 17.3. The van der Waals surface area contributed by atoms with Crippen molar-refractivity contribution < 1.29 is 9.53 Å². The van der Waals surface area contributed by atoms with Gasteiger partial charge in [-0.3, -0.25) is 9.69 Å². The molecule has 0 aliphatic carbocycles. The highest BCUT2D eigenvalue weighted by molar-refractivity contribution is 5.91. The van der Waals surface area contributed by atoms with E-state index >= 15 is 0 Å². The third kappa shape index (κ3) is 4.52. The van der Waals surface area contributed by atoms with E-state index in [0.29, 0.717) is 18.3 Å². The summed E-state index contributed by atoms with van der Waals surface area (Å²) in [4.78, 5) is 14.5. The van der Waals surface area contributed by atoms with E-state index in [9.17, 15) is 4.79 Å². The number of carbonyl (C=O) groups is 1. The molecule has 24 heavy (non-hydrogen) atoms. The summed E-state index contributed by atoms with van der Waals surface area (Å²) in [7, 11) is 0. The van der Waals surface area contributed by atoms with Gasteiger partial charge in [0, 0.05) is 26.2 Å². The predicted octanol–water partition coefficient (Wildman–Crippen LogP) is 0.0432. The Morgan fingerprint density at radius 1 is 1.46 bits per heavy atom. The Morgan fingerprint density at radius 2 is 2.25 bits per heavy atom. The van der Waals surface area contributed by atoms with Gasteiger partial charge in [-0.2, -0.15) is 0 Å². The van der Waals surface area contributed by atoms with E-state index < -0.39 is 0 Å². The quantitative estimate of drug-likeness (QED) is 0.790. The van der Waals surface area contributed by atoms with Gasteiger partial charge in [0.15, 0.2) is 5.69 Å². The van der Waals surface area contributed by atoms with Crippen LogP contribution in [0.5, 0.6) is 0 Å². The van der Waals surface area contributed by atoms with Crippen molar-refractivity contribution in [3.8, 4) is 0 Å². The Hall–Kier alpha value is -1.51. The van der Waals surface area contributed by atoms with Crippen LogP contribution in [0, 0.1) is 0 Å². The van der Waals surface area contributed by atoms with Gasteiger partial charge >= 0.3 is 0 Å². The van der Waals surface area contributed by atoms with E-state index in [4.69, 9.17) is 4.74 Å². The molecule has 3 rings (SSSR count). The molecule has 2 saturated heterocycles. The molecule has 0 radical (unpaired) electrons. The maximum absolute atomic E-state index is 12.2. The summed E-state index contributed by atoms with van der Waals surface area (Å²) in [6.45, 7) is 10.1. The maximum Gasteiger partial charge on any atom is 0.273 e. The number of nitrogens with zero attached hydrogens (tertiary/aromatic N) is 4. The monoisotopic (exact) mass is 336 g/mol. The minimum Gasteiger partial charge on any atom is -0.373 e. The first-order valence-electron chi connectivity index (χ1n) is 8.80. The topological polar surface area (TPSA) is 84.3 Å². The molecule has 8 nitrogen and oxygen atoms in total. The molecule has 0 saturated carbocycles. The number of nitrogens with one attached hydrogen (secondary N) is 2. The van der Waals surface area contributed by atoms with Crippen molar-refractivity contribution in [3.63, 3.8) is 0 Å². The summed E-state index contributed by atoms with van der Waals surface area (Å²) in [6.07, 6.45) is 3.82. The van der Waals surface area contributed by atoms with Crippen molar-refractivity contribution in [2.75, 3.05) is 45.9 Å². The number of aromatic nitrogens is 3. The molecule has 0 bridgehead atoms. The van der Waals surface area contributed by atoms with Crippen molar-refractivity contribution in [1.29, 1.82) is 0 Å². The smallest absolute Gasteiger partial charge is 0.273 e. The van der Waals surface area contributed by atoms with Crippen LogP contribution in [0.15, 0.2) is 6.20 Å². The molecule has 8 heteroatoms. The molecule has 0 atom stereocenters. The van der Waals surface area contributed by atoms with Gasteiger partial charge in [-0.25, -0.2) is 4.68 Å². The van der Waals surface area contributed by atoms with Crippen molar-refractivity contribution in [2.45, 2.75) is 38.3 Å². The SMILES string of the molecule is CC1(C)CN(CCNC(=O)c2cn(C3CCNCC3)nn2)CCO1. The third-order valence-electron chi connectivity index (χ3n) is 4.64. The van der Waals surface area contributed by atoms with Crippen molar-refractivity contribution in [1.82, 2.24) is 30.5 Å². The number of hydrogen-bond donors (Lipinski definition) is 2. The second-order valence-corrected chi connectivity index (χ2v) is 7.21. The van der Waals surface area contributed by atoms with Crippen molar-refractivity contribution in [3.05, 3.63) is 11.9 Å². The van der Waals surface area contributed by atoms with Crippen LogP contribution in [0.2, 0.25) is 0 Å². The van der Waals surface area contributed by atoms with Gasteiger partial charge in [-0.15, -0.1) is 5.10 Å². The lowest BCUT2D eigenvalue weighted by atomic mass is 10.1. The summed E-state index contributed by atoms with van der Waals surface area (Å²) in [5, 5.41) is 14.4. The minimum absolute atomic E-state index is 0.111. The van der Waals surface area contributed by atoms with Crippen molar-refractivity contribution >= 4 is 5.91 Å². The van der Waals surface area contributed by atoms with Crippen LogP contribution in [0.3, 0.4) is 0 Å². The fraction of sp³-hybridized carbons (Fsp3) is 0.812. The maximum atomic E-state index is 12.2. The molecule has 1 amide bonds. The van der Waals surface area contributed by atoms with Crippen LogP contribution in [0.1, 0.15) is 43.2 Å². The van der Waals surface area contributed by atoms with Crippen LogP contribution in [-0.4, -0.2) is 77.3 Å². The molecule has 0 aromatic carbocycles. The Balaban J connectivity index is 1.44. The molecule has 2 N–H and O–H groups in total. The van der Waals surface area contributed by atoms with Crippen LogP contribution < -0.4 is 10.6 Å². The Kier molecular flexibility index (Phi) is 5.47. The second-order valence-electron chi connectivity index (χ2n) is 7.21. The van der Waals surface area contributed by atoms with Gasteiger partial charge < -0.3 is 15.4 Å². The van der Waals surface area contributed by atoms with Crippen molar-refractivity contribution in [2.24, 2.45) is 0 Å². The number of hydrogen-bond acceptors (Lipinski definition) is 6. The number of amides is 1. The van der Waals surface area contributed by atoms with Gasteiger partial charge in [0.05, 0.1) is 24.4 Å². The van der Waals surface area contributed by atoms with Crippen LogP contribution in [-0.2, 0) is 4.74 Å². The van der Waals surface area contributed by atoms with Gasteiger partial charge in [0.25, 0.3) is 5.91 Å². The highest BCUT2D eigenvalue weighted by atomic mass is 16.5. The standard InChI is InChI=1S/C16H28N6O2/c1-16(2)12-21(9-10-24-16)8-7-18-15(23)14-11-22(20-19-14)13-3-5-17-6-4-13/h11,13,17H,3-10,12H2,1-2H3,(H,18,23). The van der Waals surface area contributed by atoms with Gasteiger partial charge in [-0.05, 0) is 39.8 Å². The molecular weight excluding hydrogens is 308 g/mol. The van der Waals surface area contributed by atoms with Crippen LogP contribution in [0.25, 0.3) is 0 Å². The lowest BCUT2D eigenvalue weighted by Crippen LogP contribution is -2.50. The normalized spacial score (nSPS) is 22.4. The zero-order chi connectivity index (χ0) is 17.0. The third-order valence-corrected chi connectivity index (χ3v) is 4.64. The summed E-state index contributed by atoms with van der Waals surface area (Å²) >= 11 is 0. The van der Waals surface area contributed by atoms with Gasteiger partial charge in [-0.1, -0.05) is 5.21 Å². The highest BCUT2D eigenvalue weighted by Gasteiger charge is 2.26. The van der Waals surface area contributed by atoms with E-state index in [1.165, 1.54) is 0 Å². The number of morpholine rings is 1. The Bertz CT molecular complexity index is 553. The van der Waals surface area contributed by atoms with E-state index in [0.717, 1.165) is 52.2 Å². The Labute approximate surface area is 142 Å². The lowest BCUT2D eigenvalue weighted by Gasteiger charge is -2.38. The summed E-state index contributed by atoms with van der Waals surface area (Å²) in [5.41, 5.74) is 0.288. The highest BCUT2D eigenvalue weighted by Crippen LogP contribution is 2.17. The number of piperidine rings is 1. The molecule has 0 unspecified atom stereocenters. The van der Waals surface area contributed by atoms with Gasteiger partial charge in [0.1, 0.15) is 0 Å². The predicted molar refractivity (Wildman–Crippen MR) is 90.0 cm³/mol. The fourth-order valence-electron chi connectivity index (χ4n) is 3.35.